The zero-order valence-electron chi connectivity index (χ0n) is 14.9. The van der Waals surface area contributed by atoms with Gasteiger partial charge < -0.3 is 4.90 Å². The van der Waals surface area contributed by atoms with Crippen molar-refractivity contribution in [1.29, 1.82) is 0 Å². The number of hydrogen-bond acceptors (Lipinski definition) is 4. The molecule has 0 aliphatic carbocycles. The van der Waals surface area contributed by atoms with Crippen LogP contribution in [-0.2, 0) is 11.3 Å². The highest BCUT2D eigenvalue weighted by atomic mass is 16.2. The quantitative estimate of drug-likeness (QED) is 0.797. The molecule has 3 rings (SSSR count). The van der Waals surface area contributed by atoms with E-state index in [1.807, 2.05) is 11.8 Å². The van der Waals surface area contributed by atoms with E-state index in [9.17, 15) is 4.79 Å². The Bertz CT molecular complexity index is 598. The van der Waals surface area contributed by atoms with Gasteiger partial charge in [-0.05, 0) is 39.7 Å². The predicted octanol–water partition coefficient (Wildman–Crippen LogP) is 2.57. The third-order valence-electron chi connectivity index (χ3n) is 5.28. The van der Waals surface area contributed by atoms with E-state index in [-0.39, 0.29) is 11.3 Å². The molecule has 1 aromatic heterocycles. The highest BCUT2D eigenvalue weighted by Crippen LogP contribution is 2.39. The third-order valence-corrected chi connectivity index (χ3v) is 5.28. The van der Waals surface area contributed by atoms with Crippen molar-refractivity contribution in [1.82, 2.24) is 19.8 Å². The summed E-state index contributed by atoms with van der Waals surface area (Å²) >= 11 is 0. The zero-order chi connectivity index (χ0) is 17.0. The number of nitrogens with zero attached hydrogens (tertiary/aromatic N) is 4. The fourth-order valence-electron chi connectivity index (χ4n) is 4.00. The molecule has 1 atom stereocenters. The van der Waals surface area contributed by atoms with Crippen LogP contribution in [0.1, 0.15) is 44.0 Å². The van der Waals surface area contributed by atoms with E-state index in [1.165, 1.54) is 19.4 Å². The number of allylic oxidation sites excluding steroid dienone is 1. The Morgan fingerprint density at radius 1 is 1.25 bits per heavy atom. The van der Waals surface area contributed by atoms with E-state index in [2.05, 4.69) is 33.9 Å². The van der Waals surface area contributed by atoms with Gasteiger partial charge in [-0.2, -0.15) is 0 Å². The van der Waals surface area contributed by atoms with Crippen LogP contribution in [0.15, 0.2) is 24.5 Å². The molecule has 0 radical (unpaired) electrons. The topological polar surface area (TPSA) is 49.3 Å². The molecule has 0 bridgehead atoms. The number of carbonyl (C=O) groups is 1. The molecule has 5 nitrogen and oxygen atoms in total. The van der Waals surface area contributed by atoms with Crippen LogP contribution in [0.5, 0.6) is 0 Å². The largest absolute Gasteiger partial charge is 0.336 e. The number of piperidine rings is 2. The van der Waals surface area contributed by atoms with E-state index in [4.69, 9.17) is 0 Å². The molecule has 130 valence electrons. The van der Waals surface area contributed by atoms with E-state index in [1.54, 1.807) is 12.4 Å². The van der Waals surface area contributed by atoms with Crippen LogP contribution >= 0.6 is 0 Å². The molecule has 1 amide bonds. The molecule has 1 aromatic rings. The fraction of sp³-hybridized carbons (Fsp3) is 0.632. The summed E-state index contributed by atoms with van der Waals surface area (Å²) in [5.41, 5.74) is 2.05. The van der Waals surface area contributed by atoms with Gasteiger partial charge >= 0.3 is 0 Å². The molecule has 2 aliphatic rings. The van der Waals surface area contributed by atoms with Gasteiger partial charge in [0.2, 0.25) is 5.91 Å². The van der Waals surface area contributed by atoms with Crippen LogP contribution < -0.4 is 0 Å². The van der Waals surface area contributed by atoms with Crippen molar-refractivity contribution >= 4 is 5.91 Å². The zero-order valence-corrected chi connectivity index (χ0v) is 14.9. The highest BCUT2D eigenvalue weighted by Gasteiger charge is 2.41. The lowest BCUT2D eigenvalue weighted by Gasteiger charge is -2.48. The normalized spacial score (nSPS) is 25.8. The molecule has 0 aromatic carbocycles. The average Bonchev–Trinajstić information content (AvgIpc) is 2.59. The summed E-state index contributed by atoms with van der Waals surface area (Å²) in [5.74, 6) is 0.258. The van der Waals surface area contributed by atoms with Gasteiger partial charge in [0.15, 0.2) is 0 Å². The number of hydrogen-bond donors (Lipinski definition) is 0. The second kappa shape index (κ2) is 7.43. The first kappa shape index (κ1) is 17.1. The molecule has 5 heteroatoms. The van der Waals surface area contributed by atoms with Crippen LogP contribution in [0.4, 0.5) is 0 Å². The lowest BCUT2D eigenvalue weighted by molar-refractivity contribution is -0.140. The first-order valence-corrected chi connectivity index (χ1v) is 8.99. The minimum Gasteiger partial charge on any atom is -0.336 e. The minimum atomic E-state index is 0.256. The van der Waals surface area contributed by atoms with Crippen LogP contribution in [0.3, 0.4) is 0 Å². The van der Waals surface area contributed by atoms with Crippen LogP contribution in [-0.4, -0.2) is 51.9 Å². The summed E-state index contributed by atoms with van der Waals surface area (Å²) in [6, 6.07) is 0. The maximum Gasteiger partial charge on any atom is 0.222 e. The molecular weight excluding hydrogens is 300 g/mol. The van der Waals surface area contributed by atoms with Crippen LogP contribution in [0.25, 0.3) is 0 Å². The molecule has 24 heavy (non-hydrogen) atoms. The third kappa shape index (κ3) is 4.01. The van der Waals surface area contributed by atoms with E-state index >= 15 is 0 Å². The molecule has 1 unspecified atom stereocenters. The molecule has 2 saturated heterocycles. The summed E-state index contributed by atoms with van der Waals surface area (Å²) in [4.78, 5) is 25.7. The summed E-state index contributed by atoms with van der Waals surface area (Å²) in [6.45, 7) is 8.73. The molecular formula is C19H28N4O. The Morgan fingerprint density at radius 2 is 2.12 bits per heavy atom. The monoisotopic (exact) mass is 328 g/mol. The average molecular weight is 328 g/mol. The van der Waals surface area contributed by atoms with Gasteiger partial charge in [-0.15, -0.1) is 0 Å². The van der Waals surface area contributed by atoms with Gasteiger partial charge in [0.05, 0.1) is 24.1 Å². The van der Waals surface area contributed by atoms with Crippen molar-refractivity contribution in [2.75, 3.05) is 26.2 Å². The Kier molecular flexibility index (Phi) is 5.29. The number of aromatic nitrogens is 2. The van der Waals surface area contributed by atoms with Gasteiger partial charge in [0.25, 0.3) is 0 Å². The van der Waals surface area contributed by atoms with E-state index in [0.717, 1.165) is 37.4 Å². The second-order valence-electron chi connectivity index (χ2n) is 7.31. The van der Waals surface area contributed by atoms with Crippen molar-refractivity contribution in [2.24, 2.45) is 5.41 Å². The van der Waals surface area contributed by atoms with Crippen molar-refractivity contribution in [3.63, 3.8) is 0 Å². The van der Waals surface area contributed by atoms with E-state index < -0.39 is 0 Å². The first-order valence-electron chi connectivity index (χ1n) is 8.99. The molecule has 2 aliphatic heterocycles. The smallest absolute Gasteiger partial charge is 0.222 e. The van der Waals surface area contributed by atoms with Gasteiger partial charge in [-0.25, -0.2) is 0 Å². The summed E-state index contributed by atoms with van der Waals surface area (Å²) in [6.07, 6.45) is 12.1. The highest BCUT2D eigenvalue weighted by molar-refractivity contribution is 5.77. The lowest BCUT2D eigenvalue weighted by atomic mass is 9.73. The van der Waals surface area contributed by atoms with Gasteiger partial charge in [0.1, 0.15) is 0 Å². The standard InChI is InChI=1S/C19H28N4O/c1-3-4-9-22-10-5-7-19(14-22)8-6-18(24)23(15-19)13-17-12-20-16(2)11-21-17/h3-4,11-12H,5-10,13-15H2,1-2H3. The number of carbonyl (C=O) groups excluding carboxylic acids is 1. The number of rotatable bonds is 4. The number of amides is 1. The number of likely N-dealkylation sites (tertiary alicyclic amines) is 2. The summed E-state index contributed by atoms with van der Waals surface area (Å²) in [7, 11) is 0. The molecule has 0 saturated carbocycles. The molecule has 3 heterocycles. The molecule has 0 N–H and O–H groups in total. The number of aryl methyl sites for hydroxylation is 1. The van der Waals surface area contributed by atoms with Gasteiger partial charge in [-0.1, -0.05) is 12.2 Å². The fourth-order valence-corrected chi connectivity index (χ4v) is 4.00. The SMILES string of the molecule is CC=CCN1CCCC2(CCC(=O)N(Cc3cnc(C)cn3)C2)C1. The second-order valence-corrected chi connectivity index (χ2v) is 7.31. The summed E-state index contributed by atoms with van der Waals surface area (Å²) < 4.78 is 0. The molecule has 1 spiro atoms. The Morgan fingerprint density at radius 3 is 2.88 bits per heavy atom. The van der Waals surface area contributed by atoms with Crippen molar-refractivity contribution < 1.29 is 4.79 Å². The van der Waals surface area contributed by atoms with Gasteiger partial charge in [0, 0.05) is 37.7 Å². The maximum absolute atomic E-state index is 12.4. The summed E-state index contributed by atoms with van der Waals surface area (Å²) in [5, 5.41) is 0. The minimum absolute atomic E-state index is 0.256. The predicted molar refractivity (Wildman–Crippen MR) is 94.3 cm³/mol. The first-order chi connectivity index (χ1) is 11.6. The van der Waals surface area contributed by atoms with Crippen molar-refractivity contribution in [3.05, 3.63) is 35.9 Å². The van der Waals surface area contributed by atoms with Crippen LogP contribution in [0.2, 0.25) is 0 Å². The van der Waals surface area contributed by atoms with Gasteiger partial charge in [-0.3, -0.25) is 19.7 Å². The Balaban J connectivity index is 1.67. The maximum atomic E-state index is 12.4. The van der Waals surface area contributed by atoms with Crippen molar-refractivity contribution in [2.45, 2.75) is 46.1 Å². The lowest BCUT2D eigenvalue weighted by Crippen LogP contribution is -2.53. The Hall–Kier alpha value is -1.75. The van der Waals surface area contributed by atoms with Crippen molar-refractivity contribution in [3.8, 4) is 0 Å². The molecule has 2 fully saturated rings. The van der Waals surface area contributed by atoms with Crippen LogP contribution in [0, 0.1) is 12.3 Å². The van der Waals surface area contributed by atoms with E-state index in [0.29, 0.717) is 13.0 Å². The Labute approximate surface area is 144 Å².